The Morgan fingerprint density at radius 2 is 1.78 bits per heavy atom. The SMILES string of the molecule is CNC(=O)NCCCC[C@H](NC(=O)OCC1(Cc2c(F)cccc2F)CCC1)C(=O)C1ON1[C@H](C)c1ccccc1. The summed E-state index contributed by atoms with van der Waals surface area (Å²) in [6.07, 6.45) is 2.26. The summed E-state index contributed by atoms with van der Waals surface area (Å²) in [6, 6.07) is 12.1. The van der Waals surface area contributed by atoms with Crippen molar-refractivity contribution in [3.8, 4) is 0 Å². The molecule has 2 aromatic carbocycles. The molecule has 0 bridgehead atoms. The number of Topliss-reactive ketones (excluding diaryl/α,β-unsaturated/α-hetero) is 1. The van der Waals surface area contributed by atoms with Crippen LogP contribution in [0.2, 0.25) is 0 Å². The maximum absolute atomic E-state index is 14.3. The molecule has 9 nitrogen and oxygen atoms in total. The highest BCUT2D eigenvalue weighted by atomic mass is 19.1. The van der Waals surface area contributed by atoms with Gasteiger partial charge in [-0.25, -0.2) is 18.4 Å². The van der Waals surface area contributed by atoms with Gasteiger partial charge in [0.25, 0.3) is 0 Å². The van der Waals surface area contributed by atoms with Gasteiger partial charge in [0.15, 0.2) is 0 Å². The fourth-order valence-electron chi connectivity index (χ4n) is 5.19. The van der Waals surface area contributed by atoms with Gasteiger partial charge in [-0.15, -0.1) is 5.06 Å². The number of hydrogen-bond acceptors (Lipinski definition) is 6. The molecule has 1 saturated carbocycles. The first kappa shape index (κ1) is 30.4. The molecule has 2 fully saturated rings. The number of carbonyl (C=O) groups is 3. The Balaban J connectivity index is 1.34. The van der Waals surface area contributed by atoms with E-state index in [1.54, 1.807) is 5.06 Å². The van der Waals surface area contributed by atoms with E-state index in [1.165, 1.54) is 25.2 Å². The van der Waals surface area contributed by atoms with Crippen LogP contribution in [0.15, 0.2) is 48.5 Å². The smallest absolute Gasteiger partial charge is 0.407 e. The number of amides is 3. The minimum absolute atomic E-state index is 0.00636. The first-order valence-electron chi connectivity index (χ1n) is 14.1. The average Bonchev–Trinajstić information content (AvgIpc) is 3.75. The van der Waals surface area contributed by atoms with Crippen LogP contribution in [0.25, 0.3) is 0 Å². The van der Waals surface area contributed by atoms with Gasteiger partial charge in [-0.1, -0.05) is 42.8 Å². The number of nitrogens with one attached hydrogen (secondary N) is 3. The first-order chi connectivity index (χ1) is 19.7. The summed E-state index contributed by atoms with van der Waals surface area (Å²) >= 11 is 0. The zero-order valence-corrected chi connectivity index (χ0v) is 23.5. The van der Waals surface area contributed by atoms with Gasteiger partial charge in [-0.05, 0) is 63.1 Å². The molecule has 1 aliphatic heterocycles. The van der Waals surface area contributed by atoms with E-state index in [9.17, 15) is 23.2 Å². The molecule has 2 unspecified atom stereocenters. The Labute approximate surface area is 238 Å². The van der Waals surface area contributed by atoms with Gasteiger partial charge >= 0.3 is 12.1 Å². The maximum Gasteiger partial charge on any atom is 0.407 e. The van der Waals surface area contributed by atoms with E-state index in [-0.39, 0.29) is 36.4 Å². The van der Waals surface area contributed by atoms with Crippen molar-refractivity contribution in [1.29, 1.82) is 0 Å². The number of halogens is 2. The monoisotopic (exact) mass is 572 g/mol. The van der Waals surface area contributed by atoms with Crippen LogP contribution in [0.1, 0.15) is 62.6 Å². The Bertz CT molecular complexity index is 1190. The fraction of sp³-hybridized carbons (Fsp3) is 0.500. The standard InChI is InChI=1S/C30H38F2N4O5/c1-20(21-10-4-3-5-11-21)36-27(41-36)26(37)25(14-6-7-17-34-28(38)33-2)35-29(39)40-19-30(15-9-16-30)18-22-23(31)12-8-13-24(22)32/h3-5,8,10-13,20,25,27H,6-7,9,14-19H2,1-2H3,(H,35,39)(H2,33,34,38)/t20-,25+,27?,36?/m1/s1. The molecule has 222 valence electrons. The van der Waals surface area contributed by atoms with E-state index in [1.807, 2.05) is 37.3 Å². The van der Waals surface area contributed by atoms with Crippen LogP contribution in [-0.2, 0) is 20.8 Å². The molecule has 0 aromatic heterocycles. The third-order valence-corrected chi connectivity index (χ3v) is 7.92. The molecular formula is C30H38F2N4O5. The van der Waals surface area contributed by atoms with Crippen LogP contribution in [-0.4, -0.2) is 55.4 Å². The molecule has 3 N–H and O–H groups in total. The minimum Gasteiger partial charge on any atom is -0.449 e. The van der Waals surface area contributed by atoms with E-state index in [0.29, 0.717) is 38.6 Å². The second-order valence-corrected chi connectivity index (χ2v) is 10.8. The molecular weight excluding hydrogens is 534 g/mol. The number of ether oxygens (including phenoxy) is 1. The van der Waals surface area contributed by atoms with Gasteiger partial charge in [-0.3, -0.25) is 9.63 Å². The number of nitrogens with zero attached hydrogens (tertiary/aromatic N) is 1. The van der Waals surface area contributed by atoms with Crippen molar-refractivity contribution in [2.75, 3.05) is 20.2 Å². The van der Waals surface area contributed by atoms with Gasteiger partial charge in [0.05, 0.1) is 18.7 Å². The molecule has 2 aromatic rings. The van der Waals surface area contributed by atoms with E-state index in [4.69, 9.17) is 9.57 Å². The van der Waals surface area contributed by atoms with Crippen LogP contribution in [0.5, 0.6) is 0 Å². The number of alkyl carbamates (subject to hydrolysis) is 1. The summed E-state index contributed by atoms with van der Waals surface area (Å²) in [5, 5.41) is 9.46. The third kappa shape index (κ3) is 8.01. The summed E-state index contributed by atoms with van der Waals surface area (Å²) in [6.45, 7) is 2.33. The molecule has 1 aliphatic carbocycles. The van der Waals surface area contributed by atoms with E-state index in [0.717, 1.165) is 12.0 Å². The van der Waals surface area contributed by atoms with Crippen molar-refractivity contribution in [3.05, 3.63) is 71.3 Å². The average molecular weight is 573 g/mol. The van der Waals surface area contributed by atoms with Crippen molar-refractivity contribution >= 4 is 17.9 Å². The lowest BCUT2D eigenvalue weighted by Crippen LogP contribution is -2.46. The highest BCUT2D eigenvalue weighted by Crippen LogP contribution is 2.44. The van der Waals surface area contributed by atoms with Crippen LogP contribution < -0.4 is 16.0 Å². The molecule has 4 rings (SSSR count). The summed E-state index contributed by atoms with van der Waals surface area (Å²) in [4.78, 5) is 43.3. The highest BCUT2D eigenvalue weighted by Gasteiger charge is 2.49. The second kappa shape index (κ2) is 13.9. The van der Waals surface area contributed by atoms with Crippen molar-refractivity contribution in [2.45, 2.75) is 70.2 Å². The predicted octanol–water partition coefficient (Wildman–Crippen LogP) is 4.78. The van der Waals surface area contributed by atoms with E-state index >= 15 is 0 Å². The fourth-order valence-corrected chi connectivity index (χ4v) is 5.19. The van der Waals surface area contributed by atoms with Crippen molar-refractivity contribution in [3.63, 3.8) is 0 Å². The molecule has 4 atom stereocenters. The third-order valence-electron chi connectivity index (χ3n) is 7.92. The number of benzene rings is 2. The van der Waals surface area contributed by atoms with Crippen LogP contribution in [0.3, 0.4) is 0 Å². The summed E-state index contributed by atoms with van der Waals surface area (Å²) in [7, 11) is 1.53. The number of ketones is 1. The van der Waals surface area contributed by atoms with Crippen molar-refractivity contribution in [1.82, 2.24) is 21.0 Å². The molecule has 0 spiro atoms. The summed E-state index contributed by atoms with van der Waals surface area (Å²) < 4.78 is 34.1. The van der Waals surface area contributed by atoms with Gasteiger partial charge < -0.3 is 20.7 Å². The summed E-state index contributed by atoms with van der Waals surface area (Å²) in [5.41, 5.74) is 0.435. The number of urea groups is 1. The molecule has 11 heteroatoms. The number of rotatable bonds is 14. The van der Waals surface area contributed by atoms with Gasteiger partial charge in [0.1, 0.15) is 11.6 Å². The van der Waals surface area contributed by atoms with E-state index in [2.05, 4.69) is 16.0 Å². The van der Waals surface area contributed by atoms with Gasteiger partial charge in [0, 0.05) is 24.6 Å². The molecule has 2 aliphatic rings. The Morgan fingerprint density at radius 3 is 2.41 bits per heavy atom. The highest BCUT2D eigenvalue weighted by molar-refractivity contribution is 5.91. The zero-order valence-electron chi connectivity index (χ0n) is 23.5. The van der Waals surface area contributed by atoms with Crippen molar-refractivity contribution in [2.24, 2.45) is 5.41 Å². The zero-order chi connectivity index (χ0) is 29.4. The van der Waals surface area contributed by atoms with Crippen LogP contribution >= 0.6 is 0 Å². The molecule has 3 amide bonds. The molecule has 1 heterocycles. The lowest BCUT2D eigenvalue weighted by molar-refractivity contribution is -0.122. The van der Waals surface area contributed by atoms with Gasteiger partial charge in [0.2, 0.25) is 12.0 Å². The van der Waals surface area contributed by atoms with Crippen molar-refractivity contribution < 1.29 is 32.7 Å². The maximum atomic E-state index is 14.3. The number of hydrogen-bond donors (Lipinski definition) is 3. The quantitative estimate of drug-likeness (QED) is 0.222. The summed E-state index contributed by atoms with van der Waals surface area (Å²) in [5.74, 6) is -1.53. The van der Waals surface area contributed by atoms with Crippen LogP contribution in [0, 0.1) is 17.0 Å². The Hall–Kier alpha value is -3.57. The molecule has 41 heavy (non-hydrogen) atoms. The van der Waals surface area contributed by atoms with Gasteiger partial charge in [-0.2, -0.15) is 0 Å². The predicted molar refractivity (Wildman–Crippen MR) is 148 cm³/mol. The first-order valence-corrected chi connectivity index (χ1v) is 14.1. The largest absolute Gasteiger partial charge is 0.449 e. The minimum atomic E-state index is -0.873. The number of unbranched alkanes of at least 4 members (excludes halogenated alkanes) is 1. The number of carbonyl (C=O) groups excluding carboxylic acids is 3. The number of hydroxylamine groups is 2. The van der Waals surface area contributed by atoms with Crippen LogP contribution in [0.4, 0.5) is 18.4 Å². The van der Waals surface area contributed by atoms with E-state index < -0.39 is 35.4 Å². The molecule has 0 radical (unpaired) electrons. The molecule has 1 saturated heterocycles. The normalized spacial score (nSPS) is 20.2. The topological polar surface area (TPSA) is 112 Å². The second-order valence-electron chi connectivity index (χ2n) is 10.8. The Kier molecular flexibility index (Phi) is 10.3. The lowest BCUT2D eigenvalue weighted by Gasteiger charge is -2.41. The lowest BCUT2D eigenvalue weighted by atomic mass is 9.66. The Morgan fingerprint density at radius 1 is 1.07 bits per heavy atom.